The molecule has 0 saturated carbocycles. The second-order valence-corrected chi connectivity index (χ2v) is 8.33. The van der Waals surface area contributed by atoms with E-state index in [9.17, 15) is 8.42 Å². The van der Waals surface area contributed by atoms with Crippen molar-refractivity contribution in [2.75, 3.05) is 0 Å². The Kier molecular flexibility index (Phi) is 3.06. The summed E-state index contributed by atoms with van der Waals surface area (Å²) in [6.07, 6.45) is 5.61. The predicted molar refractivity (Wildman–Crippen MR) is 104 cm³/mol. The number of aromatic nitrogens is 2. The second-order valence-electron chi connectivity index (χ2n) is 6.52. The molecule has 0 bridgehead atoms. The lowest BCUT2D eigenvalue weighted by Gasteiger charge is -2.08. The highest BCUT2D eigenvalue weighted by molar-refractivity contribution is 7.90. The molecule has 0 fully saturated rings. The monoisotopic (exact) mass is 360 g/mol. The fourth-order valence-electron chi connectivity index (χ4n) is 3.54. The van der Waals surface area contributed by atoms with Gasteiger partial charge in [-0.1, -0.05) is 35.9 Å². The van der Waals surface area contributed by atoms with Crippen LogP contribution in [0.15, 0.2) is 84.1 Å². The van der Waals surface area contributed by atoms with Gasteiger partial charge in [-0.25, -0.2) is 12.4 Å². The molecule has 0 saturated heterocycles. The molecular formula is C21H16N2O2S. The van der Waals surface area contributed by atoms with Gasteiger partial charge in [-0.15, -0.1) is 0 Å². The third kappa shape index (κ3) is 2.04. The van der Waals surface area contributed by atoms with Crippen molar-refractivity contribution in [1.82, 2.24) is 8.37 Å². The van der Waals surface area contributed by atoms with Gasteiger partial charge in [0, 0.05) is 34.7 Å². The van der Waals surface area contributed by atoms with Gasteiger partial charge < -0.3 is 4.40 Å². The molecule has 0 radical (unpaired) electrons. The number of benzene rings is 2. The zero-order chi connectivity index (χ0) is 17.9. The summed E-state index contributed by atoms with van der Waals surface area (Å²) >= 11 is 0. The molecular weight excluding hydrogens is 344 g/mol. The topological polar surface area (TPSA) is 43.5 Å². The standard InChI is InChI=1S/C21H16N2O2S/c1-15-5-8-17(9-6-15)26(24,25)23-13-11-16-7-10-18-19(21(16)23)14-22-12-3-2-4-20(18)22/h2-14H,1H3. The first-order valence-electron chi connectivity index (χ1n) is 8.37. The summed E-state index contributed by atoms with van der Waals surface area (Å²) in [5.74, 6) is 0. The van der Waals surface area contributed by atoms with Crippen LogP contribution in [0.3, 0.4) is 0 Å². The lowest BCUT2D eigenvalue weighted by molar-refractivity contribution is 0.589. The van der Waals surface area contributed by atoms with E-state index in [1.165, 1.54) is 3.97 Å². The quantitative estimate of drug-likeness (QED) is 0.462. The molecule has 0 amide bonds. The van der Waals surface area contributed by atoms with Crippen LogP contribution in [-0.2, 0) is 10.0 Å². The Morgan fingerprint density at radius 1 is 0.808 bits per heavy atom. The van der Waals surface area contributed by atoms with Gasteiger partial charge in [-0.05, 0) is 37.3 Å². The maximum atomic E-state index is 13.2. The van der Waals surface area contributed by atoms with Gasteiger partial charge in [-0.3, -0.25) is 0 Å². The molecule has 2 aromatic carbocycles. The van der Waals surface area contributed by atoms with Crippen LogP contribution in [0.5, 0.6) is 0 Å². The number of fused-ring (bicyclic) bond motifs is 5. The van der Waals surface area contributed by atoms with E-state index < -0.39 is 10.0 Å². The third-order valence-corrected chi connectivity index (χ3v) is 6.56. The molecule has 0 spiro atoms. The lowest BCUT2D eigenvalue weighted by atomic mass is 10.1. The molecule has 5 rings (SSSR count). The van der Waals surface area contributed by atoms with E-state index in [1.807, 2.05) is 66.2 Å². The number of pyridine rings is 1. The maximum Gasteiger partial charge on any atom is 0.268 e. The van der Waals surface area contributed by atoms with Gasteiger partial charge in [0.2, 0.25) is 0 Å². The maximum absolute atomic E-state index is 13.2. The number of hydrogen-bond donors (Lipinski definition) is 0. The van der Waals surface area contributed by atoms with Gasteiger partial charge in [0.15, 0.2) is 0 Å². The largest absolute Gasteiger partial charge is 0.323 e. The highest BCUT2D eigenvalue weighted by Crippen LogP contribution is 2.32. The Hall–Kier alpha value is -3.05. The number of rotatable bonds is 2. The van der Waals surface area contributed by atoms with E-state index in [0.29, 0.717) is 10.4 Å². The van der Waals surface area contributed by atoms with Crippen LogP contribution < -0.4 is 0 Å². The number of nitrogens with zero attached hydrogens (tertiary/aromatic N) is 2. The van der Waals surface area contributed by atoms with Gasteiger partial charge in [0.25, 0.3) is 10.0 Å². The Morgan fingerprint density at radius 3 is 2.42 bits per heavy atom. The molecule has 128 valence electrons. The SMILES string of the molecule is Cc1ccc(S(=O)(=O)n2ccc3ccc4c(cn5ccccc45)c32)cc1. The van der Waals surface area contributed by atoms with Crippen molar-refractivity contribution in [2.45, 2.75) is 11.8 Å². The van der Waals surface area contributed by atoms with Crippen LogP contribution in [0, 0.1) is 6.92 Å². The van der Waals surface area contributed by atoms with E-state index in [2.05, 4.69) is 6.07 Å². The third-order valence-electron chi connectivity index (χ3n) is 4.87. The van der Waals surface area contributed by atoms with E-state index in [1.54, 1.807) is 18.3 Å². The molecule has 0 aliphatic rings. The van der Waals surface area contributed by atoms with E-state index >= 15 is 0 Å². The van der Waals surface area contributed by atoms with E-state index in [4.69, 9.17) is 0 Å². The summed E-state index contributed by atoms with van der Waals surface area (Å²) in [5, 5.41) is 2.87. The van der Waals surface area contributed by atoms with Crippen LogP contribution in [0.4, 0.5) is 0 Å². The van der Waals surface area contributed by atoms with Gasteiger partial charge >= 0.3 is 0 Å². The zero-order valence-corrected chi connectivity index (χ0v) is 14.9. The van der Waals surface area contributed by atoms with Crippen molar-refractivity contribution < 1.29 is 8.42 Å². The molecule has 0 unspecified atom stereocenters. The summed E-state index contributed by atoms with van der Waals surface area (Å²) in [4.78, 5) is 0.293. The summed E-state index contributed by atoms with van der Waals surface area (Å²) in [6.45, 7) is 1.94. The highest BCUT2D eigenvalue weighted by Gasteiger charge is 2.20. The summed E-state index contributed by atoms with van der Waals surface area (Å²) in [7, 11) is -3.66. The van der Waals surface area contributed by atoms with Gasteiger partial charge in [0.1, 0.15) is 0 Å². The minimum atomic E-state index is -3.66. The van der Waals surface area contributed by atoms with Crippen molar-refractivity contribution in [3.63, 3.8) is 0 Å². The fraction of sp³-hybridized carbons (Fsp3) is 0.0476. The van der Waals surface area contributed by atoms with Crippen molar-refractivity contribution in [3.8, 4) is 0 Å². The second kappa shape index (κ2) is 5.22. The van der Waals surface area contributed by atoms with Crippen molar-refractivity contribution in [1.29, 1.82) is 0 Å². The first-order chi connectivity index (χ1) is 12.6. The predicted octanol–water partition coefficient (Wildman–Crippen LogP) is 4.59. The Labute approximate surface area is 151 Å². The minimum absolute atomic E-state index is 0.293. The number of aryl methyl sites for hydroxylation is 1. The number of hydrogen-bond acceptors (Lipinski definition) is 2. The Balaban J connectivity index is 1.87. The summed E-state index contributed by atoms with van der Waals surface area (Å²) < 4.78 is 29.9. The summed E-state index contributed by atoms with van der Waals surface area (Å²) in [5.41, 5.74) is 2.80. The van der Waals surface area contributed by atoms with Crippen LogP contribution >= 0.6 is 0 Å². The molecule has 3 aromatic heterocycles. The van der Waals surface area contributed by atoms with E-state index in [0.717, 1.165) is 27.2 Å². The van der Waals surface area contributed by atoms with Gasteiger partial charge in [0.05, 0.1) is 15.9 Å². The van der Waals surface area contributed by atoms with E-state index in [-0.39, 0.29) is 0 Å². The Morgan fingerprint density at radius 2 is 1.62 bits per heavy atom. The molecule has 26 heavy (non-hydrogen) atoms. The molecule has 5 aromatic rings. The van der Waals surface area contributed by atoms with Crippen LogP contribution in [0.1, 0.15) is 5.56 Å². The molecule has 0 N–H and O–H groups in total. The molecule has 0 aliphatic carbocycles. The molecule has 0 aliphatic heterocycles. The zero-order valence-electron chi connectivity index (χ0n) is 14.1. The first kappa shape index (κ1) is 15.2. The normalized spacial score (nSPS) is 12.3. The molecule has 4 nitrogen and oxygen atoms in total. The van der Waals surface area contributed by atoms with Crippen molar-refractivity contribution in [2.24, 2.45) is 0 Å². The first-order valence-corrected chi connectivity index (χ1v) is 9.81. The highest BCUT2D eigenvalue weighted by atomic mass is 32.2. The van der Waals surface area contributed by atoms with Crippen LogP contribution in [-0.4, -0.2) is 16.8 Å². The van der Waals surface area contributed by atoms with Gasteiger partial charge in [-0.2, -0.15) is 0 Å². The van der Waals surface area contributed by atoms with Crippen LogP contribution in [0.25, 0.3) is 27.2 Å². The lowest BCUT2D eigenvalue weighted by Crippen LogP contribution is -2.11. The van der Waals surface area contributed by atoms with Crippen molar-refractivity contribution >= 4 is 37.2 Å². The molecule has 5 heteroatoms. The molecule has 3 heterocycles. The fourth-order valence-corrected chi connectivity index (χ4v) is 4.91. The van der Waals surface area contributed by atoms with Crippen molar-refractivity contribution in [3.05, 3.63) is 84.8 Å². The Bertz CT molecular complexity index is 1390. The minimum Gasteiger partial charge on any atom is -0.323 e. The summed E-state index contributed by atoms with van der Waals surface area (Å²) in [6, 6.07) is 18.8. The smallest absolute Gasteiger partial charge is 0.268 e. The van der Waals surface area contributed by atoms with Crippen LogP contribution in [0.2, 0.25) is 0 Å². The average Bonchev–Trinajstić information content (AvgIpc) is 3.23. The molecule has 0 atom stereocenters. The average molecular weight is 360 g/mol.